The van der Waals surface area contributed by atoms with Crippen LogP contribution in [0, 0.1) is 0 Å². The van der Waals surface area contributed by atoms with E-state index >= 15 is 0 Å². The molecule has 0 unspecified atom stereocenters. The minimum Gasteiger partial charge on any atom is -0.358 e. The van der Waals surface area contributed by atoms with E-state index in [0.29, 0.717) is 17.1 Å². The van der Waals surface area contributed by atoms with E-state index in [1.165, 1.54) is 24.3 Å². The van der Waals surface area contributed by atoms with E-state index in [1.54, 1.807) is 41.9 Å². The van der Waals surface area contributed by atoms with Crippen LogP contribution in [0.25, 0.3) is 5.69 Å². The Labute approximate surface area is 180 Å². The van der Waals surface area contributed by atoms with Crippen molar-refractivity contribution in [3.63, 3.8) is 0 Å². The number of anilines is 1. The van der Waals surface area contributed by atoms with Gasteiger partial charge in [-0.15, -0.1) is 0 Å². The average Bonchev–Trinajstić information content (AvgIpc) is 3.17. The van der Waals surface area contributed by atoms with E-state index in [0.717, 1.165) is 4.31 Å². The van der Waals surface area contributed by atoms with Gasteiger partial charge in [-0.05, 0) is 24.3 Å². The minimum atomic E-state index is -3.98. The number of carbonyl (C=O) groups is 2. The van der Waals surface area contributed by atoms with Crippen LogP contribution < -0.4 is 10.2 Å². The summed E-state index contributed by atoms with van der Waals surface area (Å²) in [6, 6.07) is 15.5. The van der Waals surface area contributed by atoms with Crippen LogP contribution >= 0.6 is 0 Å². The Hall–Kier alpha value is -3.50. The van der Waals surface area contributed by atoms with Crippen molar-refractivity contribution in [2.75, 3.05) is 25.5 Å². The Bertz CT molecular complexity index is 1250. The van der Waals surface area contributed by atoms with Gasteiger partial charge in [-0.25, -0.2) is 13.4 Å². The van der Waals surface area contributed by atoms with E-state index in [2.05, 4.69) is 10.3 Å². The first kappa shape index (κ1) is 20.8. The van der Waals surface area contributed by atoms with E-state index in [1.807, 2.05) is 18.2 Å². The second-order valence-corrected chi connectivity index (χ2v) is 8.93. The third-order valence-electron chi connectivity index (χ3n) is 5.18. The fourth-order valence-electron chi connectivity index (χ4n) is 3.48. The molecule has 0 spiro atoms. The molecular formula is C21H21N5O4S. The number of para-hydroxylation sites is 2. The SMILES string of the molecule is CNC(=O)CN1Cc2c(C(=O)N(C)c3ccccc3)ncn2-c2ccccc2S1(=O)=O. The lowest BCUT2D eigenvalue weighted by atomic mass is 10.2. The Morgan fingerprint density at radius 1 is 1.10 bits per heavy atom. The summed E-state index contributed by atoms with van der Waals surface area (Å²) in [6.07, 6.45) is 1.44. The highest BCUT2D eigenvalue weighted by molar-refractivity contribution is 7.89. The summed E-state index contributed by atoms with van der Waals surface area (Å²) < 4.78 is 29.3. The number of nitrogens with zero attached hydrogens (tertiary/aromatic N) is 4. The zero-order valence-corrected chi connectivity index (χ0v) is 17.8. The molecule has 31 heavy (non-hydrogen) atoms. The van der Waals surface area contributed by atoms with Gasteiger partial charge in [0.05, 0.1) is 24.5 Å². The van der Waals surface area contributed by atoms with Gasteiger partial charge in [0.1, 0.15) is 11.2 Å². The minimum absolute atomic E-state index is 0.0467. The van der Waals surface area contributed by atoms with Gasteiger partial charge in [-0.3, -0.25) is 14.2 Å². The lowest BCUT2D eigenvalue weighted by Crippen LogP contribution is -2.39. The number of carbonyl (C=O) groups excluding carboxylic acids is 2. The normalized spacial score (nSPS) is 14.8. The number of benzene rings is 2. The van der Waals surface area contributed by atoms with Gasteiger partial charge < -0.3 is 10.2 Å². The molecule has 160 valence electrons. The lowest BCUT2D eigenvalue weighted by Gasteiger charge is -2.20. The Balaban J connectivity index is 1.84. The first-order valence-electron chi connectivity index (χ1n) is 9.54. The van der Waals surface area contributed by atoms with Gasteiger partial charge in [0, 0.05) is 19.8 Å². The number of hydrogen-bond donors (Lipinski definition) is 1. The van der Waals surface area contributed by atoms with E-state index in [4.69, 9.17) is 0 Å². The molecule has 2 aromatic carbocycles. The highest BCUT2D eigenvalue weighted by atomic mass is 32.2. The lowest BCUT2D eigenvalue weighted by molar-refractivity contribution is -0.120. The molecular weight excluding hydrogens is 418 g/mol. The van der Waals surface area contributed by atoms with Crippen LogP contribution in [0.1, 0.15) is 16.2 Å². The summed E-state index contributed by atoms with van der Waals surface area (Å²) in [5, 5.41) is 2.45. The molecule has 1 aromatic heterocycles. The number of rotatable bonds is 4. The summed E-state index contributed by atoms with van der Waals surface area (Å²) >= 11 is 0. The topological polar surface area (TPSA) is 105 Å². The van der Waals surface area contributed by atoms with Crippen molar-refractivity contribution in [1.29, 1.82) is 0 Å². The van der Waals surface area contributed by atoms with E-state index < -0.39 is 15.9 Å². The highest BCUT2D eigenvalue weighted by Gasteiger charge is 2.36. The van der Waals surface area contributed by atoms with Crippen molar-refractivity contribution in [1.82, 2.24) is 19.2 Å². The number of amides is 2. The summed E-state index contributed by atoms with van der Waals surface area (Å²) in [6.45, 7) is -0.547. The molecule has 1 N–H and O–H groups in total. The maximum atomic E-state index is 13.3. The van der Waals surface area contributed by atoms with Gasteiger partial charge in [0.15, 0.2) is 5.69 Å². The molecule has 10 heteroatoms. The standard InChI is InChI=1S/C21H21N5O4S/c1-22-19(27)13-25-12-17-20(21(28)24(2)15-8-4-3-5-9-15)23-14-26(17)16-10-6-7-11-18(16)31(25,29)30/h3-11,14H,12-13H2,1-2H3,(H,22,27). The first-order chi connectivity index (χ1) is 14.8. The van der Waals surface area contributed by atoms with Crippen LogP contribution in [0.3, 0.4) is 0 Å². The number of hydrogen-bond acceptors (Lipinski definition) is 5. The van der Waals surface area contributed by atoms with Crippen molar-refractivity contribution >= 4 is 27.5 Å². The molecule has 3 aromatic rings. The summed E-state index contributed by atoms with van der Waals surface area (Å²) in [5.41, 5.74) is 1.58. The predicted octanol–water partition coefficient (Wildman–Crippen LogP) is 1.40. The van der Waals surface area contributed by atoms with E-state index in [9.17, 15) is 18.0 Å². The number of fused-ring (bicyclic) bond motifs is 3. The number of nitrogens with one attached hydrogen (secondary N) is 1. The van der Waals surface area contributed by atoms with E-state index in [-0.39, 0.29) is 29.6 Å². The zero-order valence-electron chi connectivity index (χ0n) is 17.0. The van der Waals surface area contributed by atoms with Crippen molar-refractivity contribution in [3.05, 3.63) is 72.3 Å². The molecule has 0 atom stereocenters. The molecule has 0 saturated heterocycles. The Kier molecular flexibility index (Phi) is 5.34. The van der Waals surface area contributed by atoms with Crippen LogP contribution in [0.5, 0.6) is 0 Å². The fourth-order valence-corrected chi connectivity index (χ4v) is 5.02. The zero-order chi connectivity index (χ0) is 22.2. The summed E-state index contributed by atoms with van der Waals surface area (Å²) in [5.74, 6) is -0.833. The smallest absolute Gasteiger partial charge is 0.278 e. The van der Waals surface area contributed by atoms with Crippen molar-refractivity contribution in [3.8, 4) is 5.69 Å². The monoisotopic (exact) mass is 439 g/mol. The maximum Gasteiger partial charge on any atom is 0.278 e. The molecule has 4 rings (SSSR count). The van der Waals surface area contributed by atoms with Gasteiger partial charge in [0.25, 0.3) is 5.91 Å². The van der Waals surface area contributed by atoms with Crippen LogP contribution in [-0.2, 0) is 21.4 Å². The molecule has 2 heterocycles. The number of aromatic nitrogens is 2. The highest BCUT2D eigenvalue weighted by Crippen LogP contribution is 2.31. The van der Waals surface area contributed by atoms with Crippen LogP contribution in [-0.4, -0.2) is 54.7 Å². The van der Waals surface area contributed by atoms with Gasteiger partial charge in [-0.1, -0.05) is 30.3 Å². The Morgan fingerprint density at radius 3 is 2.48 bits per heavy atom. The van der Waals surface area contributed by atoms with Crippen LogP contribution in [0.15, 0.2) is 65.8 Å². The quantitative estimate of drug-likeness (QED) is 0.662. The van der Waals surface area contributed by atoms with Gasteiger partial charge in [0.2, 0.25) is 15.9 Å². The molecule has 1 aliphatic heterocycles. The number of likely N-dealkylation sites (N-methyl/N-ethyl adjacent to an activating group) is 1. The predicted molar refractivity (Wildman–Crippen MR) is 114 cm³/mol. The molecule has 0 aliphatic carbocycles. The third-order valence-corrected chi connectivity index (χ3v) is 7.02. The second-order valence-electron chi connectivity index (χ2n) is 7.02. The first-order valence-corrected chi connectivity index (χ1v) is 11.0. The summed E-state index contributed by atoms with van der Waals surface area (Å²) in [4.78, 5) is 31.1. The maximum absolute atomic E-state index is 13.3. The van der Waals surface area contributed by atoms with Gasteiger partial charge >= 0.3 is 0 Å². The van der Waals surface area contributed by atoms with Gasteiger partial charge in [-0.2, -0.15) is 4.31 Å². The molecule has 2 amide bonds. The fraction of sp³-hybridized carbons (Fsp3) is 0.190. The number of sulfonamides is 1. The second kappa shape index (κ2) is 7.97. The van der Waals surface area contributed by atoms with Crippen molar-refractivity contribution in [2.45, 2.75) is 11.4 Å². The summed E-state index contributed by atoms with van der Waals surface area (Å²) in [7, 11) is -0.907. The molecule has 0 bridgehead atoms. The molecule has 0 saturated carbocycles. The van der Waals surface area contributed by atoms with Crippen LogP contribution in [0.4, 0.5) is 5.69 Å². The van der Waals surface area contributed by atoms with Crippen molar-refractivity contribution < 1.29 is 18.0 Å². The van der Waals surface area contributed by atoms with Crippen LogP contribution in [0.2, 0.25) is 0 Å². The average molecular weight is 439 g/mol. The largest absolute Gasteiger partial charge is 0.358 e. The van der Waals surface area contributed by atoms with Crippen molar-refractivity contribution in [2.24, 2.45) is 0 Å². The molecule has 0 fully saturated rings. The Morgan fingerprint density at radius 2 is 1.77 bits per heavy atom. The molecule has 9 nitrogen and oxygen atoms in total. The molecule has 1 aliphatic rings. The number of imidazole rings is 1. The third kappa shape index (κ3) is 3.60. The molecule has 0 radical (unpaired) electrons.